The van der Waals surface area contributed by atoms with Crippen molar-refractivity contribution in [3.8, 4) is 11.5 Å². The van der Waals surface area contributed by atoms with E-state index < -0.39 is 0 Å². The Morgan fingerprint density at radius 1 is 1.00 bits per heavy atom. The van der Waals surface area contributed by atoms with Crippen LogP contribution in [0.5, 0.6) is 11.5 Å². The van der Waals surface area contributed by atoms with Gasteiger partial charge in [0.1, 0.15) is 13.2 Å². The Morgan fingerprint density at radius 3 is 2.55 bits per heavy atom. The Labute approximate surface area is 181 Å². The second-order valence-corrected chi connectivity index (χ2v) is 7.53. The molecule has 7 heteroatoms. The number of primary amides is 1. The number of benzene rings is 1. The van der Waals surface area contributed by atoms with Crippen LogP contribution in [0.15, 0.2) is 67.3 Å². The van der Waals surface area contributed by atoms with Crippen LogP contribution in [0, 0.1) is 0 Å². The molecule has 1 aliphatic rings. The van der Waals surface area contributed by atoms with Crippen LogP contribution < -0.4 is 15.2 Å². The minimum atomic E-state index is -0.358. The summed E-state index contributed by atoms with van der Waals surface area (Å²) in [5.74, 6) is 1.12. The summed E-state index contributed by atoms with van der Waals surface area (Å²) in [5, 5.41) is 0. The lowest BCUT2D eigenvalue weighted by Gasteiger charge is -2.32. The van der Waals surface area contributed by atoms with Gasteiger partial charge in [0.15, 0.2) is 11.5 Å². The first-order chi connectivity index (χ1) is 15.2. The zero-order chi connectivity index (χ0) is 21.5. The molecule has 7 nitrogen and oxygen atoms in total. The predicted octanol–water partition coefficient (Wildman–Crippen LogP) is 2.56. The quantitative estimate of drug-likeness (QED) is 0.574. The Hall–Kier alpha value is -3.45. The first-order valence-electron chi connectivity index (χ1n) is 10.4. The van der Waals surface area contributed by atoms with Gasteiger partial charge < -0.3 is 15.2 Å². The number of ether oxygens (including phenoxy) is 2. The van der Waals surface area contributed by atoms with Crippen molar-refractivity contribution in [2.45, 2.75) is 18.9 Å². The van der Waals surface area contributed by atoms with Crippen molar-refractivity contribution in [3.63, 3.8) is 0 Å². The summed E-state index contributed by atoms with van der Waals surface area (Å²) in [6.07, 6.45) is 8.65. The molecule has 0 fully saturated rings. The maximum Gasteiger partial charge on any atom is 0.231 e. The normalized spacial score (nSPS) is 13.7. The largest absolute Gasteiger partial charge is 0.486 e. The first-order valence-corrected chi connectivity index (χ1v) is 10.4. The van der Waals surface area contributed by atoms with E-state index in [2.05, 4.69) is 14.9 Å². The molecule has 31 heavy (non-hydrogen) atoms. The average Bonchev–Trinajstić information content (AvgIpc) is 2.81. The molecule has 0 radical (unpaired) electrons. The van der Waals surface area contributed by atoms with E-state index in [0.717, 1.165) is 34.6 Å². The molecule has 3 aromatic rings. The lowest BCUT2D eigenvalue weighted by atomic mass is 9.97. The third-order valence-corrected chi connectivity index (χ3v) is 5.34. The number of hydrogen-bond acceptors (Lipinski definition) is 6. The second-order valence-electron chi connectivity index (χ2n) is 7.53. The van der Waals surface area contributed by atoms with E-state index in [9.17, 15) is 4.79 Å². The van der Waals surface area contributed by atoms with E-state index in [0.29, 0.717) is 26.2 Å². The van der Waals surface area contributed by atoms with Gasteiger partial charge in [-0.1, -0.05) is 12.1 Å². The van der Waals surface area contributed by atoms with Gasteiger partial charge in [-0.3, -0.25) is 19.7 Å². The van der Waals surface area contributed by atoms with Crippen LogP contribution >= 0.6 is 0 Å². The highest BCUT2D eigenvalue weighted by molar-refractivity contribution is 5.76. The highest BCUT2D eigenvalue weighted by atomic mass is 16.6. The number of aromatic nitrogens is 2. The van der Waals surface area contributed by atoms with Crippen LogP contribution in [-0.2, 0) is 17.6 Å². The van der Waals surface area contributed by atoms with Crippen LogP contribution in [0.3, 0.4) is 0 Å². The second kappa shape index (κ2) is 10.0. The molecular formula is C24H26N4O3. The van der Waals surface area contributed by atoms with Crippen molar-refractivity contribution in [1.29, 1.82) is 0 Å². The molecule has 2 N–H and O–H groups in total. The number of rotatable bonds is 9. The molecule has 1 amide bonds. The van der Waals surface area contributed by atoms with Gasteiger partial charge in [0.05, 0.1) is 6.54 Å². The fraction of sp³-hybridized carbons (Fsp3) is 0.292. The number of amides is 1. The molecular weight excluding hydrogens is 392 g/mol. The standard InChI is InChI=1S/C24H26N4O3/c25-24(29)17-28(11-7-18-5-9-26-10-6-18)21(14-19-2-1-8-27-16-19)20-3-4-22-23(15-20)31-13-12-30-22/h1-6,8-10,15-16,21H,7,11-14,17H2,(H2,25,29). The maximum absolute atomic E-state index is 12.0. The van der Waals surface area contributed by atoms with Gasteiger partial charge in [-0.25, -0.2) is 0 Å². The summed E-state index contributed by atoms with van der Waals surface area (Å²) in [4.78, 5) is 22.4. The van der Waals surface area contributed by atoms with Crippen molar-refractivity contribution in [2.75, 3.05) is 26.3 Å². The number of hydrogen-bond donors (Lipinski definition) is 1. The van der Waals surface area contributed by atoms with E-state index in [-0.39, 0.29) is 18.5 Å². The molecule has 1 unspecified atom stereocenters. The first kappa shape index (κ1) is 20.8. The minimum Gasteiger partial charge on any atom is -0.486 e. The number of nitrogens with two attached hydrogens (primary N) is 1. The van der Waals surface area contributed by atoms with E-state index in [4.69, 9.17) is 15.2 Å². The molecule has 0 aliphatic carbocycles. The number of carbonyl (C=O) groups excluding carboxylic acids is 1. The summed E-state index contributed by atoms with van der Waals surface area (Å²) < 4.78 is 11.5. The Balaban J connectivity index is 1.65. The van der Waals surface area contributed by atoms with E-state index in [1.54, 1.807) is 18.6 Å². The summed E-state index contributed by atoms with van der Waals surface area (Å²) in [6.45, 7) is 1.90. The van der Waals surface area contributed by atoms with Gasteiger partial charge in [-0.05, 0) is 59.9 Å². The van der Waals surface area contributed by atoms with Gasteiger partial charge in [-0.15, -0.1) is 0 Å². The van der Waals surface area contributed by atoms with Crippen molar-refractivity contribution in [1.82, 2.24) is 14.9 Å². The number of fused-ring (bicyclic) bond motifs is 1. The van der Waals surface area contributed by atoms with Crippen LogP contribution in [0.1, 0.15) is 22.7 Å². The molecule has 160 valence electrons. The van der Waals surface area contributed by atoms with E-state index >= 15 is 0 Å². The average molecular weight is 418 g/mol. The zero-order valence-electron chi connectivity index (χ0n) is 17.3. The van der Waals surface area contributed by atoms with Gasteiger partial charge >= 0.3 is 0 Å². The maximum atomic E-state index is 12.0. The summed E-state index contributed by atoms with van der Waals surface area (Å²) in [6, 6.07) is 13.9. The van der Waals surface area contributed by atoms with Crippen molar-refractivity contribution >= 4 is 5.91 Å². The molecule has 1 atom stereocenters. The monoisotopic (exact) mass is 418 g/mol. The van der Waals surface area contributed by atoms with Gasteiger partial charge in [0.25, 0.3) is 0 Å². The molecule has 1 aromatic carbocycles. The fourth-order valence-corrected chi connectivity index (χ4v) is 3.83. The third kappa shape index (κ3) is 5.58. The van der Waals surface area contributed by atoms with Gasteiger partial charge in [0.2, 0.25) is 5.91 Å². The predicted molar refractivity (Wildman–Crippen MR) is 117 cm³/mol. The number of pyridine rings is 2. The lowest BCUT2D eigenvalue weighted by molar-refractivity contribution is -0.119. The third-order valence-electron chi connectivity index (χ3n) is 5.34. The van der Waals surface area contributed by atoms with Crippen LogP contribution in [0.25, 0.3) is 0 Å². The highest BCUT2D eigenvalue weighted by Crippen LogP contribution is 2.35. The summed E-state index contributed by atoms with van der Waals surface area (Å²) >= 11 is 0. The van der Waals surface area contributed by atoms with Crippen molar-refractivity contribution in [3.05, 3.63) is 83.9 Å². The van der Waals surface area contributed by atoms with Crippen molar-refractivity contribution in [2.24, 2.45) is 5.73 Å². The van der Waals surface area contributed by atoms with Crippen LogP contribution in [0.2, 0.25) is 0 Å². The highest BCUT2D eigenvalue weighted by Gasteiger charge is 2.24. The molecule has 1 aliphatic heterocycles. The van der Waals surface area contributed by atoms with Crippen molar-refractivity contribution < 1.29 is 14.3 Å². The smallest absolute Gasteiger partial charge is 0.231 e. The molecule has 3 heterocycles. The molecule has 0 saturated carbocycles. The van der Waals surface area contributed by atoms with Gasteiger partial charge in [-0.2, -0.15) is 0 Å². The van der Waals surface area contributed by atoms with E-state index in [1.807, 2.05) is 48.7 Å². The molecule has 0 saturated heterocycles. The fourth-order valence-electron chi connectivity index (χ4n) is 3.83. The summed E-state index contributed by atoms with van der Waals surface area (Å²) in [5.41, 5.74) is 8.92. The number of nitrogens with zero attached hydrogens (tertiary/aromatic N) is 3. The van der Waals surface area contributed by atoms with Crippen LogP contribution in [-0.4, -0.2) is 47.1 Å². The topological polar surface area (TPSA) is 90.6 Å². The zero-order valence-corrected chi connectivity index (χ0v) is 17.3. The Morgan fingerprint density at radius 2 is 1.81 bits per heavy atom. The summed E-state index contributed by atoms with van der Waals surface area (Å²) in [7, 11) is 0. The number of carbonyl (C=O) groups is 1. The minimum absolute atomic E-state index is 0.0747. The Kier molecular flexibility index (Phi) is 6.74. The molecule has 2 aromatic heterocycles. The Bertz CT molecular complexity index is 998. The van der Waals surface area contributed by atoms with Crippen LogP contribution in [0.4, 0.5) is 0 Å². The van der Waals surface area contributed by atoms with Gasteiger partial charge in [0, 0.05) is 37.4 Å². The van der Waals surface area contributed by atoms with E-state index in [1.165, 1.54) is 0 Å². The molecule has 0 spiro atoms. The molecule has 0 bridgehead atoms. The SMILES string of the molecule is NC(=O)CN(CCc1ccncc1)C(Cc1cccnc1)c1ccc2c(c1)OCCO2. The lowest BCUT2D eigenvalue weighted by Crippen LogP contribution is -2.39. The molecule has 4 rings (SSSR count).